The molecule has 1 aromatic heterocycles. The zero-order chi connectivity index (χ0) is 21.7. The molecule has 0 amide bonds. The summed E-state index contributed by atoms with van der Waals surface area (Å²) in [5.74, 6) is 1.01. The van der Waals surface area contributed by atoms with Crippen molar-refractivity contribution in [3.05, 3.63) is 60.2 Å². The zero-order valence-corrected chi connectivity index (χ0v) is 18.0. The Hall–Kier alpha value is -3.66. The molecule has 3 aromatic carbocycles. The second-order valence-corrected chi connectivity index (χ2v) is 7.92. The van der Waals surface area contributed by atoms with Gasteiger partial charge in [-0.3, -0.25) is 9.69 Å². The molecule has 3 heterocycles. The van der Waals surface area contributed by atoms with Crippen molar-refractivity contribution < 1.29 is 24.1 Å². The molecule has 168 valence electrons. The zero-order valence-electron chi connectivity index (χ0n) is 17.2. The Kier molecular flexibility index (Phi) is 5.37. The first-order valence-corrected chi connectivity index (χ1v) is 10.2. The third-order valence-electron chi connectivity index (χ3n) is 5.88. The highest BCUT2D eigenvalue weighted by molar-refractivity contribution is 5.97. The number of aromatic nitrogens is 2. The fourth-order valence-corrected chi connectivity index (χ4v) is 4.16. The van der Waals surface area contributed by atoms with Crippen molar-refractivity contribution in [3.63, 3.8) is 0 Å². The number of hydrogen-bond donors (Lipinski definition) is 2. The summed E-state index contributed by atoms with van der Waals surface area (Å²) >= 11 is 0. The van der Waals surface area contributed by atoms with Crippen LogP contribution in [0, 0.1) is 5.92 Å². The molecule has 2 aliphatic heterocycles. The summed E-state index contributed by atoms with van der Waals surface area (Å²) in [5.41, 5.74) is 5.09. The van der Waals surface area contributed by atoms with Gasteiger partial charge in [-0.1, -0.05) is 41.6 Å². The Morgan fingerprint density at radius 1 is 1.06 bits per heavy atom. The van der Waals surface area contributed by atoms with Crippen LogP contribution in [0.25, 0.3) is 33.6 Å². The Morgan fingerprint density at radius 2 is 1.85 bits per heavy atom. The van der Waals surface area contributed by atoms with Crippen molar-refractivity contribution in [1.82, 2.24) is 20.7 Å². The first-order chi connectivity index (χ1) is 15.7. The van der Waals surface area contributed by atoms with Crippen molar-refractivity contribution in [3.8, 4) is 34.3 Å². The van der Waals surface area contributed by atoms with Crippen molar-refractivity contribution in [2.24, 2.45) is 5.92 Å². The summed E-state index contributed by atoms with van der Waals surface area (Å²) < 4.78 is 5.53. The molecule has 0 aliphatic carbocycles. The lowest BCUT2D eigenvalue weighted by molar-refractivity contribution is -0.147. The molecule has 0 radical (unpaired) electrons. The van der Waals surface area contributed by atoms with Crippen LogP contribution in [0.1, 0.15) is 5.56 Å². The van der Waals surface area contributed by atoms with E-state index in [0.717, 1.165) is 27.5 Å². The van der Waals surface area contributed by atoms with Gasteiger partial charge in [0.15, 0.2) is 11.5 Å². The number of benzene rings is 3. The lowest BCUT2D eigenvalue weighted by Crippen LogP contribution is -2.49. The standard InChI is InChI=1S/C23H18N4O5.ClH/c28-23(29)15-11-27(12-15)10-14-5-7-18(17-4-2-1-3-16(14)17)21-24-22(32-25-21)13-6-8-19-20(9-13)31-26-30-19;/h1-9,15,26H,10-12H2,(H,28,29);1H. The van der Waals surface area contributed by atoms with Gasteiger partial charge in [-0.15, -0.1) is 12.4 Å². The maximum Gasteiger partial charge on any atom is 0.309 e. The van der Waals surface area contributed by atoms with Crippen LogP contribution in [0.5, 0.6) is 11.5 Å². The predicted molar refractivity (Wildman–Crippen MR) is 121 cm³/mol. The van der Waals surface area contributed by atoms with Gasteiger partial charge in [0.05, 0.1) is 5.92 Å². The van der Waals surface area contributed by atoms with Crippen LogP contribution in [0.4, 0.5) is 0 Å². The molecule has 0 saturated carbocycles. The predicted octanol–water partition coefficient (Wildman–Crippen LogP) is 3.69. The van der Waals surface area contributed by atoms with E-state index in [1.165, 1.54) is 0 Å². The topological polar surface area (TPSA) is 110 Å². The lowest BCUT2D eigenvalue weighted by Gasteiger charge is -2.36. The summed E-state index contributed by atoms with van der Waals surface area (Å²) in [4.78, 5) is 28.1. The van der Waals surface area contributed by atoms with Gasteiger partial charge in [0, 0.05) is 36.4 Å². The molecular weight excluding hydrogens is 448 g/mol. The molecule has 1 fully saturated rings. The number of likely N-dealkylation sites (tertiary alicyclic amines) is 1. The molecule has 33 heavy (non-hydrogen) atoms. The minimum atomic E-state index is -0.729. The van der Waals surface area contributed by atoms with E-state index < -0.39 is 5.97 Å². The molecule has 2 N–H and O–H groups in total. The molecule has 0 bridgehead atoms. The van der Waals surface area contributed by atoms with E-state index in [-0.39, 0.29) is 18.3 Å². The van der Waals surface area contributed by atoms with E-state index >= 15 is 0 Å². The minimum Gasteiger partial charge on any atom is -0.481 e. The van der Waals surface area contributed by atoms with Crippen molar-refractivity contribution >= 4 is 29.1 Å². The molecule has 0 atom stereocenters. The Bertz CT molecular complexity index is 1350. The number of nitrogens with zero attached hydrogens (tertiary/aromatic N) is 3. The number of carbonyl (C=O) groups is 1. The highest BCUT2D eigenvalue weighted by Crippen LogP contribution is 2.36. The average molecular weight is 467 g/mol. The highest BCUT2D eigenvalue weighted by atomic mass is 35.5. The number of fused-ring (bicyclic) bond motifs is 2. The smallest absolute Gasteiger partial charge is 0.309 e. The molecule has 0 spiro atoms. The van der Waals surface area contributed by atoms with Crippen molar-refractivity contribution in [1.29, 1.82) is 0 Å². The lowest BCUT2D eigenvalue weighted by atomic mass is 9.95. The fraction of sp³-hybridized carbons (Fsp3) is 0.174. The number of rotatable bonds is 5. The Labute approximate surface area is 194 Å². The summed E-state index contributed by atoms with van der Waals surface area (Å²) in [6.45, 7) is 1.85. The number of hydrogen-bond acceptors (Lipinski definition) is 8. The first kappa shape index (κ1) is 21.2. The number of nitrogens with one attached hydrogen (secondary N) is 1. The number of carboxylic acid groups (broad SMARTS) is 1. The van der Waals surface area contributed by atoms with Crippen LogP contribution in [-0.4, -0.2) is 39.2 Å². The molecule has 4 aromatic rings. The van der Waals surface area contributed by atoms with Crippen LogP contribution in [0.15, 0.2) is 59.1 Å². The molecule has 6 rings (SSSR count). The van der Waals surface area contributed by atoms with E-state index in [1.807, 2.05) is 36.4 Å². The quantitative estimate of drug-likeness (QED) is 0.455. The first-order valence-electron chi connectivity index (χ1n) is 10.2. The molecule has 9 nitrogen and oxygen atoms in total. The average Bonchev–Trinajstić information content (AvgIpc) is 3.44. The molecule has 0 unspecified atom stereocenters. The summed E-state index contributed by atoms with van der Waals surface area (Å²) in [6, 6.07) is 17.5. The summed E-state index contributed by atoms with van der Waals surface area (Å²) in [5, 5.41) is 15.4. The van der Waals surface area contributed by atoms with Crippen LogP contribution >= 0.6 is 12.4 Å². The second kappa shape index (κ2) is 8.36. The SMILES string of the molecule is Cl.O=C(O)C1CN(Cc2ccc(-c3noc(-c4ccc5c(c4)ONO5)n3)c3ccccc23)C1. The van der Waals surface area contributed by atoms with E-state index in [9.17, 15) is 4.79 Å². The van der Waals surface area contributed by atoms with Gasteiger partial charge in [0.2, 0.25) is 5.82 Å². The van der Waals surface area contributed by atoms with Crippen molar-refractivity contribution in [2.75, 3.05) is 13.1 Å². The largest absolute Gasteiger partial charge is 0.481 e. The van der Waals surface area contributed by atoms with Gasteiger partial charge in [-0.25, -0.2) is 0 Å². The second-order valence-electron chi connectivity index (χ2n) is 7.92. The van der Waals surface area contributed by atoms with Gasteiger partial charge in [0.25, 0.3) is 5.89 Å². The molecule has 1 saturated heterocycles. The van der Waals surface area contributed by atoms with Gasteiger partial charge in [-0.05, 0) is 34.5 Å². The number of halogens is 1. The van der Waals surface area contributed by atoms with Crippen LogP contribution < -0.4 is 15.3 Å². The van der Waals surface area contributed by atoms with E-state index in [0.29, 0.717) is 42.8 Å². The van der Waals surface area contributed by atoms with Gasteiger partial charge < -0.3 is 19.3 Å². The third-order valence-corrected chi connectivity index (χ3v) is 5.88. The van der Waals surface area contributed by atoms with Crippen LogP contribution in [-0.2, 0) is 11.3 Å². The van der Waals surface area contributed by atoms with E-state index in [1.54, 1.807) is 12.1 Å². The number of aliphatic carboxylic acids is 1. The van der Waals surface area contributed by atoms with Crippen molar-refractivity contribution in [2.45, 2.75) is 6.54 Å². The van der Waals surface area contributed by atoms with Gasteiger partial charge >= 0.3 is 5.97 Å². The third kappa shape index (κ3) is 3.76. The summed E-state index contributed by atoms with van der Waals surface area (Å²) in [6.07, 6.45) is 0. The minimum absolute atomic E-state index is 0. The van der Waals surface area contributed by atoms with E-state index in [4.69, 9.17) is 19.3 Å². The van der Waals surface area contributed by atoms with Gasteiger partial charge in [-0.2, -0.15) is 4.98 Å². The molecular formula is C23H19ClN4O5. The Balaban J connectivity index is 0.00000228. The maximum absolute atomic E-state index is 11.1. The molecule has 10 heteroatoms. The molecule has 2 aliphatic rings. The van der Waals surface area contributed by atoms with Crippen LogP contribution in [0.2, 0.25) is 0 Å². The highest BCUT2D eigenvalue weighted by Gasteiger charge is 2.32. The number of carboxylic acids is 1. The summed E-state index contributed by atoms with van der Waals surface area (Å²) in [7, 11) is 0. The monoisotopic (exact) mass is 466 g/mol. The van der Waals surface area contributed by atoms with E-state index in [2.05, 4.69) is 26.8 Å². The van der Waals surface area contributed by atoms with Gasteiger partial charge in [0.1, 0.15) is 0 Å². The van der Waals surface area contributed by atoms with Crippen LogP contribution in [0.3, 0.4) is 0 Å². The maximum atomic E-state index is 11.1. The fourth-order valence-electron chi connectivity index (χ4n) is 4.16. The Morgan fingerprint density at radius 3 is 2.67 bits per heavy atom. The normalized spacial score (nSPS) is 15.3.